The average Bonchev–Trinajstić information content (AvgIpc) is 2.90. The van der Waals surface area contributed by atoms with E-state index < -0.39 is 30.0 Å². The molecule has 1 aliphatic heterocycles. The summed E-state index contributed by atoms with van der Waals surface area (Å²) in [6.45, 7) is 2.83. The molecule has 1 aromatic rings. The maximum Gasteiger partial charge on any atom is 0.337 e. The minimum absolute atomic E-state index is 0.0674. The maximum absolute atomic E-state index is 12.6. The summed E-state index contributed by atoms with van der Waals surface area (Å²) in [6, 6.07) is 4.95. The highest BCUT2D eigenvalue weighted by Crippen LogP contribution is 2.24. The number of likely N-dealkylation sites (tertiary alicyclic amines) is 1. The topological polar surface area (TPSA) is 113 Å². The Morgan fingerprint density at radius 3 is 2.46 bits per heavy atom. The van der Waals surface area contributed by atoms with Gasteiger partial charge in [-0.15, -0.1) is 0 Å². The van der Waals surface area contributed by atoms with Crippen LogP contribution in [-0.4, -0.2) is 52.4 Å². The molecule has 128 valence electrons. The van der Waals surface area contributed by atoms with E-state index >= 15 is 0 Å². The van der Waals surface area contributed by atoms with Gasteiger partial charge in [-0.05, 0) is 12.1 Å². The first-order valence-electron chi connectivity index (χ1n) is 7.39. The summed E-state index contributed by atoms with van der Waals surface area (Å²) in [4.78, 5) is 48.1. The SMILES string of the molecule is CC(=O)OC1CCN(C(C)=O)[C@@H]1C(=O)Nc1ccccc1C(=O)O. The number of carbonyl (C=O) groups excluding carboxylic acids is 3. The van der Waals surface area contributed by atoms with Gasteiger partial charge in [-0.3, -0.25) is 14.4 Å². The third kappa shape index (κ3) is 3.70. The number of amides is 2. The first-order chi connectivity index (χ1) is 11.3. The first-order valence-corrected chi connectivity index (χ1v) is 7.39. The minimum atomic E-state index is -1.18. The zero-order valence-corrected chi connectivity index (χ0v) is 13.3. The van der Waals surface area contributed by atoms with E-state index in [1.807, 2.05) is 0 Å². The van der Waals surface area contributed by atoms with Crippen molar-refractivity contribution >= 4 is 29.4 Å². The van der Waals surface area contributed by atoms with Crippen LogP contribution in [0.5, 0.6) is 0 Å². The number of benzene rings is 1. The summed E-state index contributed by atoms with van der Waals surface area (Å²) in [7, 11) is 0. The molecule has 2 rings (SSSR count). The Balaban J connectivity index is 2.26. The number of nitrogens with zero attached hydrogens (tertiary/aromatic N) is 1. The molecule has 8 nitrogen and oxygen atoms in total. The van der Waals surface area contributed by atoms with Crippen LogP contribution in [0.2, 0.25) is 0 Å². The summed E-state index contributed by atoms with van der Waals surface area (Å²) in [5.74, 6) is -2.65. The number of hydrogen-bond acceptors (Lipinski definition) is 5. The van der Waals surface area contributed by atoms with Crippen molar-refractivity contribution in [3.63, 3.8) is 0 Å². The van der Waals surface area contributed by atoms with E-state index in [-0.39, 0.29) is 23.7 Å². The van der Waals surface area contributed by atoms with Gasteiger partial charge in [0.25, 0.3) is 5.91 Å². The molecule has 2 N–H and O–H groups in total. The molecule has 8 heteroatoms. The Hall–Kier alpha value is -2.90. The second kappa shape index (κ2) is 7.12. The van der Waals surface area contributed by atoms with Crippen molar-refractivity contribution in [2.45, 2.75) is 32.4 Å². The van der Waals surface area contributed by atoms with E-state index in [4.69, 9.17) is 9.84 Å². The molecule has 1 aromatic carbocycles. The summed E-state index contributed by atoms with van der Waals surface area (Å²) in [5, 5.41) is 11.7. The Morgan fingerprint density at radius 2 is 1.88 bits per heavy atom. The van der Waals surface area contributed by atoms with Crippen LogP contribution in [0.3, 0.4) is 0 Å². The lowest BCUT2D eigenvalue weighted by molar-refractivity contribution is -0.151. The molecule has 1 saturated heterocycles. The lowest BCUT2D eigenvalue weighted by Crippen LogP contribution is -2.48. The number of rotatable bonds is 4. The Morgan fingerprint density at radius 1 is 1.21 bits per heavy atom. The van der Waals surface area contributed by atoms with Gasteiger partial charge in [0.1, 0.15) is 12.1 Å². The normalized spacial score (nSPS) is 19.7. The van der Waals surface area contributed by atoms with Gasteiger partial charge in [0.05, 0.1) is 11.3 Å². The molecule has 1 heterocycles. The highest BCUT2D eigenvalue weighted by atomic mass is 16.5. The van der Waals surface area contributed by atoms with E-state index in [0.717, 1.165) is 0 Å². The number of para-hydroxylation sites is 1. The molecule has 0 spiro atoms. The van der Waals surface area contributed by atoms with Gasteiger partial charge in [-0.25, -0.2) is 4.79 Å². The largest absolute Gasteiger partial charge is 0.478 e. The lowest BCUT2D eigenvalue weighted by Gasteiger charge is -2.26. The molecule has 0 radical (unpaired) electrons. The van der Waals surface area contributed by atoms with Crippen LogP contribution in [0, 0.1) is 0 Å². The summed E-state index contributed by atoms with van der Waals surface area (Å²) >= 11 is 0. The van der Waals surface area contributed by atoms with Crippen LogP contribution in [0.15, 0.2) is 24.3 Å². The molecule has 1 fully saturated rings. The predicted octanol–water partition coefficient (Wildman–Crippen LogP) is 0.876. The second-order valence-electron chi connectivity index (χ2n) is 5.43. The first kappa shape index (κ1) is 17.5. The summed E-state index contributed by atoms with van der Waals surface area (Å²) in [6.07, 6.45) is -0.416. The van der Waals surface area contributed by atoms with Crippen LogP contribution >= 0.6 is 0 Å². The maximum atomic E-state index is 12.6. The van der Waals surface area contributed by atoms with Crippen LogP contribution in [0.4, 0.5) is 5.69 Å². The number of carboxylic acid groups (broad SMARTS) is 1. The number of anilines is 1. The average molecular weight is 334 g/mol. The van der Waals surface area contributed by atoms with Crippen molar-refractivity contribution in [3.05, 3.63) is 29.8 Å². The number of carbonyl (C=O) groups is 4. The molecule has 0 aliphatic carbocycles. The van der Waals surface area contributed by atoms with Crippen molar-refractivity contribution < 1.29 is 29.0 Å². The van der Waals surface area contributed by atoms with E-state index in [2.05, 4.69) is 5.32 Å². The smallest absolute Gasteiger partial charge is 0.337 e. The van der Waals surface area contributed by atoms with Crippen molar-refractivity contribution in [2.75, 3.05) is 11.9 Å². The molecule has 0 aromatic heterocycles. The van der Waals surface area contributed by atoms with Gasteiger partial charge in [0.15, 0.2) is 0 Å². The van der Waals surface area contributed by atoms with E-state index in [1.54, 1.807) is 6.07 Å². The third-order valence-electron chi connectivity index (χ3n) is 3.75. The minimum Gasteiger partial charge on any atom is -0.478 e. The molecule has 24 heavy (non-hydrogen) atoms. The molecule has 2 amide bonds. The summed E-state index contributed by atoms with van der Waals surface area (Å²) < 4.78 is 5.13. The van der Waals surface area contributed by atoms with Gasteiger partial charge in [0, 0.05) is 26.8 Å². The zero-order chi connectivity index (χ0) is 17.9. The Kier molecular flexibility index (Phi) is 5.18. The fraction of sp³-hybridized carbons (Fsp3) is 0.375. The van der Waals surface area contributed by atoms with Gasteiger partial charge in [-0.1, -0.05) is 12.1 Å². The van der Waals surface area contributed by atoms with Crippen molar-refractivity contribution in [3.8, 4) is 0 Å². The zero-order valence-electron chi connectivity index (χ0n) is 13.3. The van der Waals surface area contributed by atoms with Gasteiger partial charge in [-0.2, -0.15) is 0 Å². The fourth-order valence-electron chi connectivity index (χ4n) is 2.75. The van der Waals surface area contributed by atoms with Gasteiger partial charge in [0.2, 0.25) is 5.91 Å². The van der Waals surface area contributed by atoms with Crippen LogP contribution in [-0.2, 0) is 19.1 Å². The highest BCUT2D eigenvalue weighted by molar-refractivity contribution is 6.03. The molecular formula is C16H18N2O6. The van der Waals surface area contributed by atoms with Crippen LogP contribution in [0.25, 0.3) is 0 Å². The Bertz CT molecular complexity index is 687. The molecule has 0 bridgehead atoms. The van der Waals surface area contributed by atoms with Crippen LogP contribution in [0.1, 0.15) is 30.6 Å². The van der Waals surface area contributed by atoms with Crippen molar-refractivity contribution in [2.24, 2.45) is 0 Å². The monoisotopic (exact) mass is 334 g/mol. The van der Waals surface area contributed by atoms with Crippen LogP contribution < -0.4 is 5.32 Å². The second-order valence-corrected chi connectivity index (χ2v) is 5.43. The van der Waals surface area contributed by atoms with Crippen molar-refractivity contribution in [1.82, 2.24) is 4.90 Å². The molecule has 2 atom stereocenters. The van der Waals surface area contributed by atoms with E-state index in [9.17, 15) is 19.2 Å². The molecular weight excluding hydrogens is 316 g/mol. The lowest BCUT2D eigenvalue weighted by atomic mass is 10.1. The van der Waals surface area contributed by atoms with E-state index in [1.165, 1.54) is 36.9 Å². The standard InChI is InChI=1S/C16H18N2O6/c1-9(19)18-8-7-13(24-10(2)20)14(18)15(21)17-12-6-4-3-5-11(12)16(22)23/h3-6,13-14H,7-8H2,1-2H3,(H,17,21)(H,22,23)/t13?,14-/m0/s1. The molecule has 0 saturated carbocycles. The number of hydrogen-bond donors (Lipinski definition) is 2. The van der Waals surface area contributed by atoms with Crippen molar-refractivity contribution in [1.29, 1.82) is 0 Å². The number of carboxylic acids is 1. The predicted molar refractivity (Wildman–Crippen MR) is 83.4 cm³/mol. The quantitative estimate of drug-likeness (QED) is 0.790. The van der Waals surface area contributed by atoms with Gasteiger partial charge < -0.3 is 20.1 Å². The third-order valence-corrected chi connectivity index (χ3v) is 3.75. The van der Waals surface area contributed by atoms with E-state index in [0.29, 0.717) is 6.42 Å². The number of aromatic carboxylic acids is 1. The number of esters is 1. The molecule has 1 unspecified atom stereocenters. The number of ether oxygens (including phenoxy) is 1. The fourth-order valence-corrected chi connectivity index (χ4v) is 2.75. The van der Waals surface area contributed by atoms with Gasteiger partial charge >= 0.3 is 11.9 Å². The highest BCUT2D eigenvalue weighted by Gasteiger charge is 2.43. The summed E-state index contributed by atoms with van der Waals surface area (Å²) in [5.41, 5.74) is 0.0502. The Labute approximate surface area is 138 Å². The number of nitrogens with one attached hydrogen (secondary N) is 1. The molecule has 1 aliphatic rings.